The summed E-state index contributed by atoms with van der Waals surface area (Å²) in [5, 5.41) is 2.41. The number of hydrogen-bond acceptors (Lipinski definition) is 3. The monoisotopic (exact) mass is 324 g/mol. The number of aryl methyl sites for hydroxylation is 2. The second-order valence-corrected chi connectivity index (χ2v) is 6.09. The number of benzene rings is 2. The smallest absolute Gasteiger partial charge is 0.336 e. The van der Waals surface area contributed by atoms with Gasteiger partial charge in [-0.3, -0.25) is 0 Å². The molecule has 2 heterocycles. The SMILES string of the molecule is Cc1ccc2c(-c3cc4cc(Cl)ccc4o3)cc(=O)oc2c1C. The van der Waals surface area contributed by atoms with Crippen LogP contribution in [0, 0.1) is 13.8 Å². The Morgan fingerprint density at radius 2 is 1.78 bits per heavy atom. The van der Waals surface area contributed by atoms with Gasteiger partial charge in [0.25, 0.3) is 0 Å². The molecule has 0 spiro atoms. The first kappa shape index (κ1) is 14.1. The van der Waals surface area contributed by atoms with Crippen LogP contribution in [-0.4, -0.2) is 0 Å². The number of rotatable bonds is 1. The first-order chi connectivity index (χ1) is 11.0. The Bertz CT molecular complexity index is 1120. The lowest BCUT2D eigenvalue weighted by atomic mass is 10.0. The highest BCUT2D eigenvalue weighted by Crippen LogP contribution is 2.34. The summed E-state index contributed by atoms with van der Waals surface area (Å²) in [5.74, 6) is 0.628. The Morgan fingerprint density at radius 1 is 0.957 bits per heavy atom. The zero-order chi connectivity index (χ0) is 16.1. The van der Waals surface area contributed by atoms with Gasteiger partial charge in [0.1, 0.15) is 16.9 Å². The van der Waals surface area contributed by atoms with Gasteiger partial charge in [0.2, 0.25) is 0 Å². The molecule has 0 aliphatic heterocycles. The molecule has 0 amide bonds. The third-order valence-electron chi connectivity index (χ3n) is 4.18. The van der Waals surface area contributed by atoms with Crippen molar-refractivity contribution in [2.24, 2.45) is 0 Å². The molecule has 4 rings (SSSR count). The van der Waals surface area contributed by atoms with Gasteiger partial charge >= 0.3 is 5.63 Å². The van der Waals surface area contributed by atoms with E-state index < -0.39 is 0 Å². The number of halogens is 1. The van der Waals surface area contributed by atoms with E-state index in [4.69, 9.17) is 20.4 Å². The molecule has 114 valence electrons. The van der Waals surface area contributed by atoms with E-state index in [0.717, 1.165) is 33.0 Å². The summed E-state index contributed by atoms with van der Waals surface area (Å²) in [5.41, 5.74) is 3.71. The standard InChI is InChI=1S/C19H13ClO3/c1-10-3-5-14-15(9-18(21)23-19(14)11(10)2)17-8-12-7-13(20)4-6-16(12)22-17/h3-9H,1-2H3. The van der Waals surface area contributed by atoms with Crippen molar-refractivity contribution in [3.63, 3.8) is 0 Å². The van der Waals surface area contributed by atoms with Gasteiger partial charge < -0.3 is 8.83 Å². The van der Waals surface area contributed by atoms with Crippen LogP contribution in [0.4, 0.5) is 0 Å². The minimum absolute atomic E-state index is 0.389. The minimum atomic E-state index is -0.389. The van der Waals surface area contributed by atoms with E-state index >= 15 is 0 Å². The maximum absolute atomic E-state index is 12.0. The van der Waals surface area contributed by atoms with Gasteiger partial charge in [-0.15, -0.1) is 0 Å². The van der Waals surface area contributed by atoms with Gasteiger partial charge in [-0.2, -0.15) is 0 Å². The van der Waals surface area contributed by atoms with Crippen LogP contribution in [-0.2, 0) is 0 Å². The number of fused-ring (bicyclic) bond motifs is 2. The fourth-order valence-electron chi connectivity index (χ4n) is 2.81. The fraction of sp³-hybridized carbons (Fsp3) is 0.105. The molecule has 0 fully saturated rings. The van der Waals surface area contributed by atoms with Crippen molar-refractivity contribution in [3.05, 3.63) is 69.0 Å². The van der Waals surface area contributed by atoms with E-state index in [0.29, 0.717) is 16.4 Å². The van der Waals surface area contributed by atoms with Gasteiger partial charge in [-0.05, 0) is 49.2 Å². The zero-order valence-electron chi connectivity index (χ0n) is 12.6. The Hall–Kier alpha value is -2.52. The highest BCUT2D eigenvalue weighted by molar-refractivity contribution is 6.31. The minimum Gasteiger partial charge on any atom is -0.456 e. The summed E-state index contributed by atoms with van der Waals surface area (Å²) in [6.45, 7) is 3.94. The van der Waals surface area contributed by atoms with Crippen molar-refractivity contribution in [1.82, 2.24) is 0 Å². The van der Waals surface area contributed by atoms with Crippen LogP contribution in [0.25, 0.3) is 33.3 Å². The molecule has 0 atom stereocenters. The maximum atomic E-state index is 12.0. The van der Waals surface area contributed by atoms with E-state index in [1.165, 1.54) is 6.07 Å². The molecule has 2 aromatic carbocycles. The van der Waals surface area contributed by atoms with Crippen LogP contribution in [0.1, 0.15) is 11.1 Å². The van der Waals surface area contributed by atoms with Crippen LogP contribution in [0.2, 0.25) is 5.02 Å². The molecule has 0 saturated heterocycles. The summed E-state index contributed by atoms with van der Waals surface area (Å²) >= 11 is 6.03. The third kappa shape index (κ3) is 2.25. The van der Waals surface area contributed by atoms with E-state index in [2.05, 4.69) is 0 Å². The fourth-order valence-corrected chi connectivity index (χ4v) is 2.99. The van der Waals surface area contributed by atoms with Gasteiger partial charge in [0, 0.05) is 27.4 Å². The lowest BCUT2D eigenvalue weighted by molar-refractivity contribution is 0.557. The largest absolute Gasteiger partial charge is 0.456 e. The molecule has 0 saturated carbocycles. The molecule has 0 radical (unpaired) electrons. The molecule has 0 aliphatic rings. The van der Waals surface area contributed by atoms with Crippen molar-refractivity contribution in [2.75, 3.05) is 0 Å². The van der Waals surface area contributed by atoms with Gasteiger partial charge in [0.15, 0.2) is 0 Å². The van der Waals surface area contributed by atoms with E-state index in [-0.39, 0.29) is 5.63 Å². The van der Waals surface area contributed by atoms with Crippen LogP contribution in [0.3, 0.4) is 0 Å². The second-order valence-electron chi connectivity index (χ2n) is 5.66. The number of furan rings is 1. The Kier molecular flexibility index (Phi) is 3.06. The van der Waals surface area contributed by atoms with Crippen molar-refractivity contribution in [1.29, 1.82) is 0 Å². The van der Waals surface area contributed by atoms with Gasteiger partial charge in [-0.1, -0.05) is 23.7 Å². The summed E-state index contributed by atoms with van der Waals surface area (Å²) in [6.07, 6.45) is 0. The molecular formula is C19H13ClO3. The van der Waals surface area contributed by atoms with Crippen LogP contribution >= 0.6 is 11.6 Å². The van der Waals surface area contributed by atoms with Crippen LogP contribution < -0.4 is 5.63 Å². The van der Waals surface area contributed by atoms with Crippen molar-refractivity contribution >= 4 is 33.5 Å². The molecule has 3 nitrogen and oxygen atoms in total. The first-order valence-corrected chi connectivity index (χ1v) is 7.64. The maximum Gasteiger partial charge on any atom is 0.336 e. The number of hydrogen-bond donors (Lipinski definition) is 0. The van der Waals surface area contributed by atoms with Gasteiger partial charge in [0.05, 0.1) is 0 Å². The van der Waals surface area contributed by atoms with Gasteiger partial charge in [-0.25, -0.2) is 4.79 Å². The van der Waals surface area contributed by atoms with E-state index in [9.17, 15) is 4.79 Å². The topological polar surface area (TPSA) is 43.4 Å². The summed E-state index contributed by atoms with van der Waals surface area (Å²) in [7, 11) is 0. The average molecular weight is 325 g/mol. The van der Waals surface area contributed by atoms with Crippen molar-refractivity contribution in [3.8, 4) is 11.3 Å². The van der Waals surface area contributed by atoms with E-state index in [1.807, 2.05) is 44.2 Å². The molecule has 4 heteroatoms. The first-order valence-electron chi connectivity index (χ1n) is 7.26. The predicted octanol–water partition coefficient (Wildman–Crippen LogP) is 5.48. The zero-order valence-corrected chi connectivity index (χ0v) is 13.4. The highest BCUT2D eigenvalue weighted by atomic mass is 35.5. The van der Waals surface area contributed by atoms with E-state index in [1.54, 1.807) is 6.07 Å². The summed E-state index contributed by atoms with van der Waals surface area (Å²) in [4.78, 5) is 12.0. The van der Waals surface area contributed by atoms with Crippen molar-refractivity contribution in [2.45, 2.75) is 13.8 Å². The summed E-state index contributed by atoms with van der Waals surface area (Å²) < 4.78 is 11.3. The molecule has 0 N–H and O–H groups in total. The van der Waals surface area contributed by atoms with Crippen molar-refractivity contribution < 1.29 is 8.83 Å². The van der Waals surface area contributed by atoms with Crippen LogP contribution in [0.5, 0.6) is 0 Å². The summed E-state index contributed by atoms with van der Waals surface area (Å²) in [6, 6.07) is 12.8. The molecule has 0 aliphatic carbocycles. The van der Waals surface area contributed by atoms with Crippen LogP contribution in [0.15, 0.2) is 56.1 Å². The quantitative estimate of drug-likeness (QED) is 0.436. The third-order valence-corrected chi connectivity index (χ3v) is 4.41. The molecule has 4 aromatic rings. The second kappa shape index (κ2) is 5.00. The molecule has 0 bridgehead atoms. The molecular weight excluding hydrogens is 312 g/mol. The lowest BCUT2D eigenvalue weighted by Crippen LogP contribution is -1.99. The predicted molar refractivity (Wildman–Crippen MR) is 92.2 cm³/mol. The Labute approximate surface area is 137 Å². The average Bonchev–Trinajstić information content (AvgIpc) is 2.93. The molecule has 2 aromatic heterocycles. The Morgan fingerprint density at radius 3 is 2.61 bits per heavy atom. The molecule has 0 unspecified atom stereocenters. The normalized spacial score (nSPS) is 11.4. The molecule has 23 heavy (non-hydrogen) atoms. The lowest BCUT2D eigenvalue weighted by Gasteiger charge is -2.07. The highest BCUT2D eigenvalue weighted by Gasteiger charge is 2.14. The Balaban J connectivity index is 2.07.